The summed E-state index contributed by atoms with van der Waals surface area (Å²) in [6.07, 6.45) is 0. The molecule has 1 aromatic carbocycles. The lowest BCUT2D eigenvalue weighted by molar-refractivity contribution is -0.384. The van der Waals surface area contributed by atoms with Gasteiger partial charge in [0.25, 0.3) is 21.3 Å². The summed E-state index contributed by atoms with van der Waals surface area (Å²) in [5, 5.41) is 10.5. The Morgan fingerprint density at radius 3 is 2.20 bits per heavy atom. The largest absolute Gasteiger partial charge is 0.270 e. The molecule has 20 heavy (non-hydrogen) atoms. The molecule has 7 nitrogen and oxygen atoms in total. The highest BCUT2D eigenvalue weighted by atomic mass is 32.2. The first-order chi connectivity index (χ1) is 9.34. The molecule has 0 aliphatic heterocycles. The van der Waals surface area contributed by atoms with E-state index in [-0.39, 0.29) is 16.3 Å². The van der Waals surface area contributed by atoms with Crippen molar-refractivity contribution in [3.63, 3.8) is 0 Å². The first-order valence-electron chi connectivity index (χ1n) is 5.53. The number of benzene rings is 1. The summed E-state index contributed by atoms with van der Waals surface area (Å²) in [7, 11) is -4.06. The molecule has 104 valence electrons. The van der Waals surface area contributed by atoms with Crippen LogP contribution in [0.25, 0.3) is 0 Å². The summed E-state index contributed by atoms with van der Waals surface area (Å²) in [4.78, 5) is 21.4. The molecule has 0 N–H and O–H groups in total. The van der Waals surface area contributed by atoms with Gasteiger partial charge in [0.05, 0.1) is 9.82 Å². The fourth-order valence-electron chi connectivity index (χ4n) is 1.73. The first kappa shape index (κ1) is 13.9. The van der Waals surface area contributed by atoms with Gasteiger partial charge in [0.2, 0.25) is 0 Å². The van der Waals surface area contributed by atoms with E-state index in [0.29, 0.717) is 3.97 Å². The highest BCUT2D eigenvalue weighted by molar-refractivity contribution is 7.90. The third-order valence-corrected chi connectivity index (χ3v) is 4.50. The molecule has 0 bridgehead atoms. The van der Waals surface area contributed by atoms with Gasteiger partial charge in [0, 0.05) is 23.9 Å². The molecular weight excluding hydrogens is 284 g/mol. The van der Waals surface area contributed by atoms with Crippen LogP contribution in [0.3, 0.4) is 0 Å². The van der Waals surface area contributed by atoms with E-state index in [1.165, 1.54) is 19.1 Å². The molecule has 8 heteroatoms. The van der Waals surface area contributed by atoms with E-state index < -0.39 is 20.5 Å². The number of nitro benzene ring substituents is 1. The molecule has 0 fully saturated rings. The lowest BCUT2D eigenvalue weighted by Crippen LogP contribution is -2.28. The average Bonchev–Trinajstić information content (AvgIpc) is 2.38. The molecule has 0 spiro atoms. The predicted molar refractivity (Wildman–Crippen MR) is 71.1 cm³/mol. The van der Waals surface area contributed by atoms with Crippen LogP contribution in [0.2, 0.25) is 0 Å². The lowest BCUT2D eigenvalue weighted by atomic mass is 10.3. The Balaban J connectivity index is 2.61. The minimum Gasteiger partial charge on any atom is -0.268 e. The third-order valence-electron chi connectivity index (χ3n) is 2.68. The average molecular weight is 294 g/mol. The van der Waals surface area contributed by atoms with E-state index in [4.69, 9.17) is 0 Å². The number of rotatable bonds is 3. The van der Waals surface area contributed by atoms with Gasteiger partial charge in [-0.2, -0.15) is 0 Å². The molecule has 0 unspecified atom stereocenters. The predicted octanol–water partition coefficient (Wildman–Crippen LogP) is 1.30. The van der Waals surface area contributed by atoms with Crippen LogP contribution < -0.4 is 5.56 Å². The molecule has 0 radical (unpaired) electrons. The van der Waals surface area contributed by atoms with Crippen LogP contribution in [0.15, 0.2) is 52.2 Å². The van der Waals surface area contributed by atoms with E-state index in [1.54, 1.807) is 0 Å². The van der Waals surface area contributed by atoms with Crippen LogP contribution in [0.5, 0.6) is 0 Å². The Labute approximate surface area is 114 Å². The highest BCUT2D eigenvalue weighted by Crippen LogP contribution is 2.18. The number of non-ortho nitro benzene ring substituents is 1. The summed E-state index contributed by atoms with van der Waals surface area (Å²) in [6, 6.07) is 8.45. The SMILES string of the molecule is Cc1cccc(=O)n1S(=O)(=O)c1ccc([N+](=O)[O-])cc1. The van der Waals surface area contributed by atoms with Crippen molar-refractivity contribution < 1.29 is 13.3 Å². The number of nitro groups is 1. The Morgan fingerprint density at radius 2 is 1.70 bits per heavy atom. The summed E-state index contributed by atoms with van der Waals surface area (Å²) in [5.41, 5.74) is -0.639. The second-order valence-corrected chi connectivity index (χ2v) is 5.81. The standard InChI is InChI=1S/C12H10N2O5S/c1-9-3-2-4-12(15)13(9)20(18,19)11-7-5-10(6-8-11)14(16)17/h2-8H,1H3. The molecule has 1 heterocycles. The molecule has 0 amide bonds. The lowest BCUT2D eigenvalue weighted by Gasteiger charge is -2.10. The fraction of sp³-hybridized carbons (Fsp3) is 0.0833. The minimum atomic E-state index is -4.06. The van der Waals surface area contributed by atoms with E-state index in [9.17, 15) is 23.3 Å². The molecule has 1 aromatic heterocycles. The maximum atomic E-state index is 12.3. The fourth-order valence-corrected chi connectivity index (χ4v) is 3.16. The zero-order chi connectivity index (χ0) is 14.9. The third kappa shape index (κ3) is 2.32. The van der Waals surface area contributed by atoms with Gasteiger partial charge in [-0.15, -0.1) is 0 Å². The van der Waals surface area contributed by atoms with E-state index in [2.05, 4.69) is 0 Å². The van der Waals surface area contributed by atoms with E-state index >= 15 is 0 Å². The molecule has 0 atom stereocenters. The van der Waals surface area contributed by atoms with Gasteiger partial charge in [-0.1, -0.05) is 6.07 Å². The van der Waals surface area contributed by atoms with Gasteiger partial charge in [-0.3, -0.25) is 14.9 Å². The molecule has 0 saturated heterocycles. The number of aromatic nitrogens is 1. The minimum absolute atomic E-state index is 0.181. The first-order valence-corrected chi connectivity index (χ1v) is 6.97. The van der Waals surface area contributed by atoms with Gasteiger partial charge in [0.1, 0.15) is 0 Å². The van der Waals surface area contributed by atoms with Crippen LogP contribution in [0.4, 0.5) is 5.69 Å². The summed E-state index contributed by atoms with van der Waals surface area (Å²) in [6.45, 7) is 1.49. The Kier molecular flexibility index (Phi) is 3.41. The van der Waals surface area contributed by atoms with Crippen molar-refractivity contribution in [2.45, 2.75) is 11.8 Å². The number of aryl methyl sites for hydroxylation is 1. The second kappa shape index (κ2) is 4.89. The Bertz CT molecular complexity index is 822. The number of hydrogen-bond donors (Lipinski definition) is 0. The summed E-state index contributed by atoms with van der Waals surface area (Å²) >= 11 is 0. The van der Waals surface area contributed by atoms with Crippen molar-refractivity contribution in [1.82, 2.24) is 3.97 Å². The maximum absolute atomic E-state index is 12.3. The Morgan fingerprint density at radius 1 is 1.10 bits per heavy atom. The zero-order valence-electron chi connectivity index (χ0n) is 10.4. The molecule has 2 aromatic rings. The molecule has 2 rings (SSSR count). The van der Waals surface area contributed by atoms with Crippen LogP contribution in [0.1, 0.15) is 5.69 Å². The van der Waals surface area contributed by atoms with Gasteiger partial charge in [-0.05, 0) is 25.1 Å². The topological polar surface area (TPSA) is 99.3 Å². The number of pyridine rings is 1. The van der Waals surface area contributed by atoms with Crippen molar-refractivity contribution in [2.75, 3.05) is 0 Å². The van der Waals surface area contributed by atoms with Crippen molar-refractivity contribution in [1.29, 1.82) is 0 Å². The van der Waals surface area contributed by atoms with Crippen LogP contribution in [-0.4, -0.2) is 17.3 Å². The smallest absolute Gasteiger partial charge is 0.268 e. The van der Waals surface area contributed by atoms with Gasteiger partial charge < -0.3 is 0 Å². The van der Waals surface area contributed by atoms with Gasteiger partial charge in [-0.25, -0.2) is 12.4 Å². The maximum Gasteiger partial charge on any atom is 0.270 e. The number of nitrogens with zero attached hydrogens (tertiary/aromatic N) is 2. The van der Waals surface area contributed by atoms with Crippen molar-refractivity contribution in [2.24, 2.45) is 0 Å². The molecule has 0 aliphatic carbocycles. The molecule has 0 aliphatic rings. The number of hydrogen-bond acceptors (Lipinski definition) is 5. The van der Waals surface area contributed by atoms with Crippen molar-refractivity contribution >= 4 is 15.7 Å². The highest BCUT2D eigenvalue weighted by Gasteiger charge is 2.20. The van der Waals surface area contributed by atoms with Crippen molar-refractivity contribution in [3.8, 4) is 0 Å². The van der Waals surface area contributed by atoms with Crippen LogP contribution >= 0.6 is 0 Å². The second-order valence-electron chi connectivity index (χ2n) is 4.03. The summed E-state index contributed by atoms with van der Waals surface area (Å²) < 4.78 is 25.4. The van der Waals surface area contributed by atoms with E-state index in [1.807, 2.05) is 0 Å². The van der Waals surface area contributed by atoms with Crippen molar-refractivity contribution in [3.05, 3.63) is 68.6 Å². The van der Waals surface area contributed by atoms with Crippen LogP contribution in [0, 0.1) is 17.0 Å². The zero-order valence-corrected chi connectivity index (χ0v) is 11.2. The van der Waals surface area contributed by atoms with Gasteiger partial charge >= 0.3 is 0 Å². The van der Waals surface area contributed by atoms with Gasteiger partial charge in [0.15, 0.2) is 0 Å². The normalized spacial score (nSPS) is 11.2. The Hall–Kier alpha value is -2.48. The summed E-state index contributed by atoms with van der Waals surface area (Å²) in [5.74, 6) is 0. The van der Waals surface area contributed by atoms with E-state index in [0.717, 1.165) is 30.3 Å². The quantitative estimate of drug-likeness (QED) is 0.627. The monoisotopic (exact) mass is 294 g/mol. The van der Waals surface area contributed by atoms with Crippen LogP contribution in [-0.2, 0) is 10.0 Å². The molecule has 0 saturated carbocycles. The molecular formula is C12H10N2O5S.